The molecule has 0 aromatic heterocycles. The molecular weight excluding hydrogens is 356 g/mol. The topological polar surface area (TPSA) is 9.23 Å². The van der Waals surface area contributed by atoms with Crippen molar-refractivity contribution < 1.29 is 4.43 Å². The first-order valence-corrected chi connectivity index (χ1v) is 12.2. The molecule has 0 spiro atoms. The van der Waals surface area contributed by atoms with Crippen LogP contribution in [-0.4, -0.2) is 14.9 Å². The molecule has 3 rings (SSSR count). The van der Waals surface area contributed by atoms with Crippen LogP contribution in [0.4, 0.5) is 0 Å². The molecule has 0 aliphatic heterocycles. The Morgan fingerprint density at radius 2 is 1.11 bits per heavy atom. The SMILES string of the molecule is CC(C)(C)[Si](OCCCCc1ccccc1)(c1ccccc1)c1ccccc1. The molecule has 0 radical (unpaired) electrons. The van der Waals surface area contributed by atoms with Gasteiger partial charge < -0.3 is 4.43 Å². The Morgan fingerprint density at radius 3 is 1.57 bits per heavy atom. The molecule has 0 aliphatic carbocycles. The van der Waals surface area contributed by atoms with E-state index in [1.165, 1.54) is 15.9 Å². The van der Waals surface area contributed by atoms with Crippen molar-refractivity contribution in [2.45, 2.75) is 45.1 Å². The van der Waals surface area contributed by atoms with Gasteiger partial charge in [-0.15, -0.1) is 0 Å². The van der Waals surface area contributed by atoms with Crippen molar-refractivity contribution >= 4 is 18.7 Å². The fraction of sp³-hybridized carbons (Fsp3) is 0.308. The molecule has 1 nitrogen and oxygen atoms in total. The van der Waals surface area contributed by atoms with Gasteiger partial charge in [0.2, 0.25) is 0 Å². The highest BCUT2D eigenvalue weighted by atomic mass is 28.4. The molecule has 3 aromatic carbocycles. The van der Waals surface area contributed by atoms with Crippen LogP contribution in [0.25, 0.3) is 0 Å². The van der Waals surface area contributed by atoms with Gasteiger partial charge in [0.25, 0.3) is 8.32 Å². The lowest BCUT2D eigenvalue weighted by Gasteiger charge is -2.43. The second-order valence-electron chi connectivity index (χ2n) is 8.45. The van der Waals surface area contributed by atoms with E-state index in [1.807, 2.05) is 0 Å². The maximum Gasteiger partial charge on any atom is 0.261 e. The van der Waals surface area contributed by atoms with E-state index in [2.05, 4.69) is 112 Å². The molecule has 146 valence electrons. The summed E-state index contributed by atoms with van der Waals surface area (Å²) in [6.07, 6.45) is 3.35. The van der Waals surface area contributed by atoms with Crippen LogP contribution in [0, 0.1) is 0 Å². The number of benzene rings is 3. The van der Waals surface area contributed by atoms with Crippen LogP contribution in [-0.2, 0) is 10.8 Å². The number of aryl methyl sites for hydroxylation is 1. The Hall–Kier alpha value is -2.16. The van der Waals surface area contributed by atoms with Crippen LogP contribution in [0.2, 0.25) is 5.04 Å². The molecule has 0 fully saturated rings. The van der Waals surface area contributed by atoms with Crippen LogP contribution >= 0.6 is 0 Å². The Balaban J connectivity index is 1.80. The average molecular weight is 389 g/mol. The monoisotopic (exact) mass is 388 g/mol. The fourth-order valence-electron chi connectivity index (χ4n) is 4.06. The van der Waals surface area contributed by atoms with Gasteiger partial charge >= 0.3 is 0 Å². The summed E-state index contributed by atoms with van der Waals surface area (Å²) in [6.45, 7) is 7.82. The highest BCUT2D eigenvalue weighted by molar-refractivity contribution is 6.99. The van der Waals surface area contributed by atoms with Crippen molar-refractivity contribution in [3.8, 4) is 0 Å². The van der Waals surface area contributed by atoms with Gasteiger partial charge in [-0.3, -0.25) is 0 Å². The number of hydrogen-bond acceptors (Lipinski definition) is 1. The fourth-order valence-corrected chi connectivity index (χ4v) is 8.67. The molecule has 0 bridgehead atoms. The second-order valence-corrected chi connectivity index (χ2v) is 12.8. The summed E-state index contributed by atoms with van der Waals surface area (Å²) in [5.74, 6) is 0. The summed E-state index contributed by atoms with van der Waals surface area (Å²) in [4.78, 5) is 0. The summed E-state index contributed by atoms with van der Waals surface area (Å²) in [5.41, 5.74) is 1.41. The first-order chi connectivity index (χ1) is 13.5. The van der Waals surface area contributed by atoms with E-state index >= 15 is 0 Å². The van der Waals surface area contributed by atoms with Crippen molar-refractivity contribution in [3.05, 3.63) is 96.6 Å². The highest BCUT2D eigenvalue weighted by Crippen LogP contribution is 2.36. The quantitative estimate of drug-likeness (QED) is 0.361. The smallest absolute Gasteiger partial charge is 0.261 e. The Kier molecular flexibility index (Phi) is 6.87. The van der Waals surface area contributed by atoms with E-state index in [-0.39, 0.29) is 5.04 Å². The first-order valence-electron chi connectivity index (χ1n) is 10.3. The minimum absolute atomic E-state index is 0.0507. The van der Waals surface area contributed by atoms with Gasteiger partial charge in [-0.1, -0.05) is 112 Å². The Labute approximate surface area is 171 Å². The van der Waals surface area contributed by atoms with Crippen LogP contribution in [0.3, 0.4) is 0 Å². The van der Waals surface area contributed by atoms with Crippen molar-refractivity contribution in [2.75, 3.05) is 6.61 Å². The van der Waals surface area contributed by atoms with E-state index < -0.39 is 8.32 Å². The van der Waals surface area contributed by atoms with Gasteiger partial charge in [-0.25, -0.2) is 0 Å². The van der Waals surface area contributed by atoms with Gasteiger partial charge in [0.05, 0.1) is 0 Å². The minimum Gasteiger partial charge on any atom is -0.407 e. The van der Waals surface area contributed by atoms with Crippen LogP contribution < -0.4 is 10.4 Å². The van der Waals surface area contributed by atoms with E-state index in [0.29, 0.717) is 0 Å². The molecule has 0 saturated carbocycles. The first kappa shape index (κ1) is 20.6. The standard InChI is InChI=1S/C26H32OSi/c1-26(2,3)28(24-18-9-5-10-19-24,25-20-11-6-12-21-25)27-22-14-13-17-23-15-7-4-8-16-23/h4-12,15-16,18-21H,13-14,17,22H2,1-3H3. The van der Waals surface area contributed by atoms with E-state index in [4.69, 9.17) is 4.43 Å². The number of hydrogen-bond donors (Lipinski definition) is 0. The van der Waals surface area contributed by atoms with E-state index in [1.54, 1.807) is 0 Å². The molecule has 0 N–H and O–H groups in total. The molecule has 0 saturated heterocycles. The zero-order chi connectivity index (χ0) is 19.9. The maximum absolute atomic E-state index is 6.94. The summed E-state index contributed by atoms with van der Waals surface area (Å²) in [5, 5.41) is 2.77. The summed E-state index contributed by atoms with van der Waals surface area (Å²) >= 11 is 0. The van der Waals surface area contributed by atoms with Gasteiger partial charge in [-0.2, -0.15) is 0 Å². The van der Waals surface area contributed by atoms with Crippen molar-refractivity contribution in [2.24, 2.45) is 0 Å². The highest BCUT2D eigenvalue weighted by Gasteiger charge is 2.49. The molecule has 2 heteroatoms. The summed E-state index contributed by atoms with van der Waals surface area (Å²) in [6, 6.07) is 32.5. The zero-order valence-electron chi connectivity index (χ0n) is 17.4. The van der Waals surface area contributed by atoms with Crippen LogP contribution in [0.5, 0.6) is 0 Å². The molecular formula is C26H32OSi. The van der Waals surface area contributed by atoms with Crippen molar-refractivity contribution in [1.29, 1.82) is 0 Å². The van der Waals surface area contributed by atoms with E-state index in [9.17, 15) is 0 Å². The number of rotatable bonds is 8. The predicted octanol–water partition coefficient (Wildman–Crippen LogP) is 5.59. The van der Waals surface area contributed by atoms with E-state index in [0.717, 1.165) is 25.9 Å². The molecule has 0 unspecified atom stereocenters. The van der Waals surface area contributed by atoms with Gasteiger partial charge in [0.15, 0.2) is 0 Å². The van der Waals surface area contributed by atoms with Crippen LogP contribution in [0.1, 0.15) is 39.2 Å². The normalized spacial score (nSPS) is 12.1. The third kappa shape index (κ3) is 4.63. The number of unbranched alkanes of at least 4 members (excludes halogenated alkanes) is 1. The molecule has 3 aromatic rings. The lowest BCUT2D eigenvalue weighted by molar-refractivity contribution is 0.288. The van der Waals surface area contributed by atoms with Gasteiger partial charge in [0, 0.05) is 6.61 Å². The predicted molar refractivity (Wildman–Crippen MR) is 123 cm³/mol. The summed E-state index contributed by atoms with van der Waals surface area (Å²) in [7, 11) is -2.38. The minimum atomic E-state index is -2.38. The second kappa shape index (κ2) is 9.36. The largest absolute Gasteiger partial charge is 0.407 e. The third-order valence-electron chi connectivity index (χ3n) is 5.44. The van der Waals surface area contributed by atoms with Crippen molar-refractivity contribution in [1.82, 2.24) is 0 Å². The van der Waals surface area contributed by atoms with Crippen LogP contribution in [0.15, 0.2) is 91.0 Å². The van der Waals surface area contributed by atoms with Gasteiger partial charge in [0.1, 0.15) is 0 Å². The average Bonchev–Trinajstić information content (AvgIpc) is 2.72. The third-order valence-corrected chi connectivity index (χ3v) is 10.5. The van der Waals surface area contributed by atoms with Crippen molar-refractivity contribution in [3.63, 3.8) is 0 Å². The van der Waals surface area contributed by atoms with Gasteiger partial charge in [-0.05, 0) is 40.2 Å². The Bertz CT molecular complexity index is 783. The lowest BCUT2D eigenvalue weighted by Crippen LogP contribution is -2.66. The summed E-state index contributed by atoms with van der Waals surface area (Å²) < 4.78 is 6.94. The molecule has 0 heterocycles. The molecule has 28 heavy (non-hydrogen) atoms. The molecule has 0 aliphatic rings. The molecule has 0 atom stereocenters. The Morgan fingerprint density at radius 1 is 0.643 bits per heavy atom. The zero-order valence-corrected chi connectivity index (χ0v) is 18.4. The maximum atomic E-state index is 6.94. The molecule has 0 amide bonds. The lowest BCUT2D eigenvalue weighted by atomic mass is 10.1.